The second-order valence-electron chi connectivity index (χ2n) is 4.31. The van der Waals surface area contributed by atoms with Crippen LogP contribution in [0.1, 0.15) is 12.5 Å². The molecule has 0 unspecified atom stereocenters. The molecule has 0 fully saturated rings. The van der Waals surface area contributed by atoms with Crippen molar-refractivity contribution in [3.8, 4) is 5.75 Å². The van der Waals surface area contributed by atoms with E-state index in [1.807, 2.05) is 37.3 Å². The van der Waals surface area contributed by atoms with Crippen LogP contribution in [0.3, 0.4) is 0 Å². The monoisotopic (exact) mass is 291 g/mol. The second-order valence-corrected chi connectivity index (χ2v) is 5.43. The molecular formula is C16H18FNOS. The molecule has 0 heterocycles. The van der Waals surface area contributed by atoms with Gasteiger partial charge in [0.2, 0.25) is 0 Å². The Morgan fingerprint density at radius 3 is 2.80 bits per heavy atom. The minimum absolute atomic E-state index is 0.201. The molecule has 0 saturated carbocycles. The Kier molecular flexibility index (Phi) is 5.44. The molecule has 0 bridgehead atoms. The van der Waals surface area contributed by atoms with E-state index in [9.17, 15) is 4.39 Å². The van der Waals surface area contributed by atoms with Gasteiger partial charge in [-0.3, -0.25) is 0 Å². The average molecular weight is 291 g/mol. The molecule has 0 aromatic heterocycles. The summed E-state index contributed by atoms with van der Waals surface area (Å²) < 4.78 is 18.6. The summed E-state index contributed by atoms with van der Waals surface area (Å²) in [6.07, 6.45) is 0. The molecule has 4 heteroatoms. The summed E-state index contributed by atoms with van der Waals surface area (Å²) in [5, 5.41) is 3.24. The van der Waals surface area contributed by atoms with Gasteiger partial charge in [-0.25, -0.2) is 4.39 Å². The van der Waals surface area contributed by atoms with Gasteiger partial charge in [0.15, 0.2) is 0 Å². The normalized spacial score (nSPS) is 10.6. The van der Waals surface area contributed by atoms with Crippen LogP contribution in [0.5, 0.6) is 5.75 Å². The van der Waals surface area contributed by atoms with E-state index < -0.39 is 0 Å². The van der Waals surface area contributed by atoms with E-state index in [4.69, 9.17) is 4.74 Å². The lowest BCUT2D eigenvalue weighted by molar-refractivity contribution is 0.413. The Morgan fingerprint density at radius 2 is 2.05 bits per heavy atom. The highest BCUT2D eigenvalue weighted by Crippen LogP contribution is 2.32. The first-order valence-electron chi connectivity index (χ1n) is 6.54. The molecule has 20 heavy (non-hydrogen) atoms. The molecule has 0 spiro atoms. The van der Waals surface area contributed by atoms with E-state index in [1.54, 1.807) is 24.9 Å². The van der Waals surface area contributed by atoms with Crippen molar-refractivity contribution in [3.05, 3.63) is 53.8 Å². The van der Waals surface area contributed by atoms with Crippen LogP contribution in [0.4, 0.5) is 4.39 Å². The topological polar surface area (TPSA) is 21.3 Å². The minimum atomic E-state index is -0.201. The fourth-order valence-electron chi connectivity index (χ4n) is 1.84. The van der Waals surface area contributed by atoms with Crippen LogP contribution in [-0.2, 0) is 6.54 Å². The van der Waals surface area contributed by atoms with Crippen molar-refractivity contribution in [2.75, 3.05) is 13.7 Å². The highest BCUT2D eigenvalue weighted by atomic mass is 32.2. The number of hydrogen-bond acceptors (Lipinski definition) is 3. The number of methoxy groups -OCH3 is 1. The smallest absolute Gasteiger partial charge is 0.123 e. The van der Waals surface area contributed by atoms with Crippen LogP contribution in [-0.4, -0.2) is 13.7 Å². The van der Waals surface area contributed by atoms with E-state index in [-0.39, 0.29) is 5.82 Å². The summed E-state index contributed by atoms with van der Waals surface area (Å²) in [5.74, 6) is 0.623. The van der Waals surface area contributed by atoms with Crippen LogP contribution in [0, 0.1) is 5.82 Å². The van der Waals surface area contributed by atoms with Crippen molar-refractivity contribution in [1.29, 1.82) is 0 Å². The molecular weight excluding hydrogens is 273 g/mol. The molecule has 0 radical (unpaired) electrons. The average Bonchev–Trinajstić information content (AvgIpc) is 2.47. The fourth-order valence-corrected chi connectivity index (χ4v) is 2.81. The summed E-state index contributed by atoms with van der Waals surface area (Å²) in [5.41, 5.74) is 0.972. The van der Waals surface area contributed by atoms with Gasteiger partial charge in [0, 0.05) is 16.3 Å². The van der Waals surface area contributed by atoms with Gasteiger partial charge in [-0.1, -0.05) is 24.8 Å². The Hall–Kier alpha value is -1.52. The van der Waals surface area contributed by atoms with E-state index >= 15 is 0 Å². The molecule has 2 rings (SSSR count). The number of rotatable bonds is 6. The van der Waals surface area contributed by atoms with E-state index in [0.29, 0.717) is 6.54 Å². The maximum atomic E-state index is 13.4. The van der Waals surface area contributed by atoms with Crippen LogP contribution in [0.25, 0.3) is 0 Å². The Labute approximate surface area is 123 Å². The summed E-state index contributed by atoms with van der Waals surface area (Å²) in [6, 6.07) is 12.8. The maximum absolute atomic E-state index is 13.4. The minimum Gasteiger partial charge on any atom is -0.497 e. The van der Waals surface area contributed by atoms with Gasteiger partial charge in [0.25, 0.3) is 0 Å². The number of nitrogens with one attached hydrogen (secondary N) is 1. The van der Waals surface area contributed by atoms with Crippen LogP contribution < -0.4 is 10.1 Å². The van der Waals surface area contributed by atoms with E-state index in [1.165, 1.54) is 6.07 Å². The first-order valence-corrected chi connectivity index (χ1v) is 7.35. The van der Waals surface area contributed by atoms with E-state index in [2.05, 4.69) is 5.32 Å². The summed E-state index contributed by atoms with van der Waals surface area (Å²) >= 11 is 1.62. The standard InChI is InChI=1S/C16H18FNOS/c1-3-18-11-12-9-13(17)7-8-16(12)20-15-6-4-5-14(10-15)19-2/h4-10,18H,3,11H2,1-2H3. The van der Waals surface area contributed by atoms with Gasteiger partial charge >= 0.3 is 0 Å². The van der Waals surface area contributed by atoms with Crippen LogP contribution >= 0.6 is 11.8 Å². The molecule has 0 atom stereocenters. The number of benzene rings is 2. The highest BCUT2D eigenvalue weighted by molar-refractivity contribution is 7.99. The SMILES string of the molecule is CCNCc1cc(F)ccc1Sc1cccc(OC)c1. The van der Waals surface area contributed by atoms with Crippen molar-refractivity contribution in [2.24, 2.45) is 0 Å². The molecule has 2 aromatic rings. The predicted molar refractivity (Wildman–Crippen MR) is 80.9 cm³/mol. The third-order valence-electron chi connectivity index (χ3n) is 2.86. The lowest BCUT2D eigenvalue weighted by Gasteiger charge is -2.10. The first-order chi connectivity index (χ1) is 9.72. The van der Waals surface area contributed by atoms with Gasteiger partial charge in [0.05, 0.1) is 7.11 Å². The predicted octanol–water partition coefficient (Wildman–Crippen LogP) is 4.10. The molecule has 2 aromatic carbocycles. The third-order valence-corrected chi connectivity index (χ3v) is 3.96. The Morgan fingerprint density at radius 1 is 1.20 bits per heavy atom. The van der Waals surface area contributed by atoms with Crippen molar-refractivity contribution in [2.45, 2.75) is 23.3 Å². The van der Waals surface area contributed by atoms with E-state index in [0.717, 1.165) is 27.6 Å². The summed E-state index contributed by atoms with van der Waals surface area (Å²) in [7, 11) is 1.65. The quantitative estimate of drug-likeness (QED) is 0.866. The van der Waals surface area contributed by atoms with Crippen molar-refractivity contribution in [3.63, 3.8) is 0 Å². The molecule has 0 amide bonds. The molecule has 0 aliphatic rings. The van der Waals surface area contributed by atoms with Gasteiger partial charge in [-0.05, 0) is 48.5 Å². The van der Waals surface area contributed by atoms with Crippen molar-refractivity contribution < 1.29 is 9.13 Å². The van der Waals surface area contributed by atoms with Crippen molar-refractivity contribution in [1.82, 2.24) is 5.32 Å². The maximum Gasteiger partial charge on any atom is 0.123 e. The van der Waals surface area contributed by atoms with Crippen LogP contribution in [0.2, 0.25) is 0 Å². The Balaban J connectivity index is 2.22. The summed E-state index contributed by atoms with van der Waals surface area (Å²) in [4.78, 5) is 2.13. The fraction of sp³-hybridized carbons (Fsp3) is 0.250. The van der Waals surface area contributed by atoms with Gasteiger partial charge < -0.3 is 10.1 Å². The largest absolute Gasteiger partial charge is 0.497 e. The molecule has 2 nitrogen and oxygen atoms in total. The van der Waals surface area contributed by atoms with Crippen molar-refractivity contribution >= 4 is 11.8 Å². The highest BCUT2D eigenvalue weighted by Gasteiger charge is 2.06. The molecule has 1 N–H and O–H groups in total. The lowest BCUT2D eigenvalue weighted by atomic mass is 10.2. The third kappa shape index (κ3) is 3.99. The zero-order chi connectivity index (χ0) is 14.4. The zero-order valence-corrected chi connectivity index (χ0v) is 12.5. The number of ether oxygens (including phenoxy) is 1. The lowest BCUT2D eigenvalue weighted by Crippen LogP contribution is -2.12. The molecule has 106 valence electrons. The number of hydrogen-bond donors (Lipinski definition) is 1. The van der Waals surface area contributed by atoms with Gasteiger partial charge in [-0.2, -0.15) is 0 Å². The van der Waals surface area contributed by atoms with Crippen LogP contribution in [0.15, 0.2) is 52.3 Å². The molecule has 0 aliphatic carbocycles. The second kappa shape index (κ2) is 7.31. The Bertz CT molecular complexity index is 574. The number of halogens is 1. The first kappa shape index (κ1) is 14.9. The summed E-state index contributed by atoms with van der Waals surface area (Å²) in [6.45, 7) is 3.56. The molecule has 0 saturated heterocycles. The zero-order valence-electron chi connectivity index (χ0n) is 11.7. The van der Waals surface area contributed by atoms with Gasteiger partial charge in [-0.15, -0.1) is 0 Å². The van der Waals surface area contributed by atoms with Gasteiger partial charge in [0.1, 0.15) is 11.6 Å². The molecule has 0 aliphatic heterocycles.